The summed E-state index contributed by atoms with van der Waals surface area (Å²) in [7, 11) is 0. The van der Waals surface area contributed by atoms with E-state index in [1.807, 2.05) is 0 Å². The number of Topliss-reactive ketones (excluding diaryl/α,β-unsaturated/α-hetero) is 6. The summed E-state index contributed by atoms with van der Waals surface area (Å²) in [6.45, 7) is 7.61. The summed E-state index contributed by atoms with van der Waals surface area (Å²) >= 11 is 0. The molecule has 0 saturated carbocycles. The third-order valence-electron chi connectivity index (χ3n) is 10.3. The first-order valence-corrected chi connectivity index (χ1v) is 16.4. The maximum absolute atomic E-state index is 14.0. The van der Waals surface area contributed by atoms with Gasteiger partial charge >= 0.3 is 11.9 Å². The Morgan fingerprint density at radius 2 is 0.923 bits per heavy atom. The van der Waals surface area contributed by atoms with E-state index in [0.717, 1.165) is 26.0 Å². The number of carbonyl (C=O) groups is 8. The minimum atomic E-state index is -1.89. The van der Waals surface area contributed by atoms with Gasteiger partial charge in [-0.25, -0.2) is 0 Å². The van der Waals surface area contributed by atoms with E-state index in [9.17, 15) is 58.8 Å². The van der Waals surface area contributed by atoms with Gasteiger partial charge in [0, 0.05) is 60.1 Å². The SMILES string of the molecule is CC(=O)O[C@@H](C)[C@H]1C2=C(C(=O)C[C@]1(C)O)C(=O)c1c(ccc(-c3ccc4c(c3O)C(=O)C3=C(C4=O)[C@@H]([C@H](C)OC(C)=O)[C@@](C)(O)CC3=O)c1O)C2=O. The number of ketones is 6. The lowest BCUT2D eigenvalue weighted by Crippen LogP contribution is -2.52. The quantitative estimate of drug-likeness (QED) is 0.258. The van der Waals surface area contributed by atoms with Crippen LogP contribution in [-0.2, 0) is 28.7 Å². The van der Waals surface area contributed by atoms with Crippen LogP contribution < -0.4 is 0 Å². The molecule has 0 radical (unpaired) electrons. The van der Waals surface area contributed by atoms with E-state index in [0.29, 0.717) is 0 Å². The van der Waals surface area contributed by atoms with Gasteiger partial charge in [-0.2, -0.15) is 0 Å². The number of hydrogen-bond donors (Lipinski definition) is 4. The van der Waals surface area contributed by atoms with Crippen LogP contribution >= 0.6 is 0 Å². The van der Waals surface area contributed by atoms with Crippen molar-refractivity contribution in [1.29, 1.82) is 0 Å². The minimum Gasteiger partial charge on any atom is -0.506 e. The number of hydrogen-bond acceptors (Lipinski definition) is 14. The predicted molar refractivity (Wildman–Crippen MR) is 177 cm³/mol. The van der Waals surface area contributed by atoms with Gasteiger partial charge in [0.15, 0.2) is 23.1 Å². The van der Waals surface area contributed by atoms with E-state index in [1.165, 1.54) is 39.8 Å². The van der Waals surface area contributed by atoms with E-state index < -0.39 is 128 Å². The molecule has 14 heteroatoms. The van der Waals surface area contributed by atoms with Crippen molar-refractivity contribution in [3.8, 4) is 22.6 Å². The molecule has 0 unspecified atom stereocenters. The van der Waals surface area contributed by atoms with E-state index in [2.05, 4.69) is 0 Å². The molecule has 4 aliphatic rings. The number of phenolic OH excluding ortho intramolecular Hbond substituents is 2. The zero-order valence-corrected chi connectivity index (χ0v) is 28.9. The van der Waals surface area contributed by atoms with Crippen molar-refractivity contribution in [1.82, 2.24) is 0 Å². The summed E-state index contributed by atoms with van der Waals surface area (Å²) in [6, 6.07) is 4.63. The molecule has 0 spiro atoms. The van der Waals surface area contributed by atoms with Gasteiger partial charge in [0.2, 0.25) is 11.6 Å². The number of fused-ring (bicyclic) bond motifs is 2. The number of aliphatic hydroxyl groups is 2. The molecule has 6 atom stereocenters. The molecule has 4 N–H and O–H groups in total. The Kier molecular flexibility index (Phi) is 8.35. The van der Waals surface area contributed by atoms with Crippen LogP contribution in [0.5, 0.6) is 11.5 Å². The van der Waals surface area contributed by atoms with Crippen molar-refractivity contribution in [3.63, 3.8) is 0 Å². The highest BCUT2D eigenvalue weighted by Gasteiger charge is 2.55. The molecular weight excluding hydrogens is 680 g/mol. The average molecular weight is 715 g/mol. The van der Waals surface area contributed by atoms with Crippen LogP contribution in [0, 0.1) is 11.8 Å². The smallest absolute Gasteiger partial charge is 0.302 e. The molecule has 0 saturated heterocycles. The van der Waals surface area contributed by atoms with Gasteiger partial charge in [-0.05, 0) is 52.0 Å². The van der Waals surface area contributed by atoms with Gasteiger partial charge in [0.05, 0.1) is 45.3 Å². The molecule has 0 aromatic heterocycles. The average Bonchev–Trinajstić information content (AvgIpc) is 3.00. The Labute approximate surface area is 295 Å². The highest BCUT2D eigenvalue weighted by Crippen LogP contribution is 2.51. The van der Waals surface area contributed by atoms with Crippen molar-refractivity contribution in [3.05, 3.63) is 68.8 Å². The fourth-order valence-corrected chi connectivity index (χ4v) is 8.42. The zero-order chi connectivity index (χ0) is 38.5. The minimum absolute atomic E-state index is 0.274. The second kappa shape index (κ2) is 12.0. The summed E-state index contributed by atoms with van der Waals surface area (Å²) in [4.78, 5) is 106. The Balaban J connectivity index is 1.48. The number of phenols is 2. The molecule has 0 aliphatic heterocycles. The largest absolute Gasteiger partial charge is 0.506 e. The molecule has 0 fully saturated rings. The van der Waals surface area contributed by atoms with Gasteiger partial charge in [-0.15, -0.1) is 0 Å². The molecule has 4 aliphatic carbocycles. The first-order chi connectivity index (χ1) is 24.1. The van der Waals surface area contributed by atoms with Crippen LogP contribution in [0.1, 0.15) is 95.8 Å². The van der Waals surface area contributed by atoms with Crippen molar-refractivity contribution in [2.45, 2.75) is 77.8 Å². The fourth-order valence-electron chi connectivity index (χ4n) is 8.42. The first-order valence-electron chi connectivity index (χ1n) is 16.4. The number of allylic oxidation sites excluding steroid dienone is 2. The summed E-state index contributed by atoms with van der Waals surface area (Å²) in [5.41, 5.74) is -8.14. The molecule has 0 heterocycles. The van der Waals surface area contributed by atoms with E-state index >= 15 is 0 Å². The Bertz CT molecular complexity index is 2020. The van der Waals surface area contributed by atoms with Crippen LogP contribution in [0.3, 0.4) is 0 Å². The van der Waals surface area contributed by atoms with E-state index in [4.69, 9.17) is 9.47 Å². The highest BCUT2D eigenvalue weighted by molar-refractivity contribution is 6.40. The van der Waals surface area contributed by atoms with Crippen LogP contribution in [0.4, 0.5) is 0 Å². The molecule has 14 nitrogen and oxygen atoms in total. The number of aromatic hydroxyl groups is 2. The molecule has 2 aromatic carbocycles. The summed E-state index contributed by atoms with van der Waals surface area (Å²) < 4.78 is 10.5. The van der Waals surface area contributed by atoms with Gasteiger partial charge in [-0.3, -0.25) is 38.4 Å². The van der Waals surface area contributed by atoms with Crippen molar-refractivity contribution in [2.24, 2.45) is 11.8 Å². The van der Waals surface area contributed by atoms with E-state index in [-0.39, 0.29) is 33.4 Å². The number of ether oxygens (including phenoxy) is 2. The van der Waals surface area contributed by atoms with Crippen molar-refractivity contribution < 1.29 is 68.3 Å². The van der Waals surface area contributed by atoms with Crippen molar-refractivity contribution >= 4 is 46.6 Å². The lowest BCUT2D eigenvalue weighted by Gasteiger charge is -2.42. The molecule has 6 rings (SSSR count). The zero-order valence-electron chi connectivity index (χ0n) is 28.9. The second-order valence-electron chi connectivity index (χ2n) is 14.2. The van der Waals surface area contributed by atoms with Gasteiger partial charge in [0.25, 0.3) is 0 Å². The summed E-state index contributed by atoms with van der Waals surface area (Å²) in [5.74, 6) is -11.4. The highest BCUT2D eigenvalue weighted by atomic mass is 16.5. The van der Waals surface area contributed by atoms with Crippen LogP contribution in [-0.4, -0.2) is 90.5 Å². The lowest BCUT2D eigenvalue weighted by molar-refractivity contribution is -0.154. The lowest BCUT2D eigenvalue weighted by atomic mass is 9.64. The predicted octanol–water partition coefficient (Wildman–Crippen LogP) is 2.70. The third-order valence-corrected chi connectivity index (χ3v) is 10.3. The van der Waals surface area contributed by atoms with Gasteiger partial charge < -0.3 is 29.9 Å². The fraction of sp³-hybridized carbons (Fsp3) is 0.368. The topological polar surface area (TPSA) is 236 Å². The molecule has 0 amide bonds. The monoisotopic (exact) mass is 714 g/mol. The molecule has 52 heavy (non-hydrogen) atoms. The van der Waals surface area contributed by atoms with Gasteiger partial charge in [0.1, 0.15) is 23.7 Å². The Hall–Kier alpha value is -5.60. The summed E-state index contributed by atoms with van der Waals surface area (Å²) in [6.07, 6.45) is -3.49. The second-order valence-corrected chi connectivity index (χ2v) is 14.2. The normalized spacial score (nSPS) is 26.7. The maximum atomic E-state index is 14.0. The molecular formula is C38H34O14. The molecule has 270 valence electrons. The summed E-state index contributed by atoms with van der Waals surface area (Å²) in [5, 5.41) is 45.4. The number of rotatable bonds is 5. The molecule has 2 aromatic rings. The van der Waals surface area contributed by atoms with Crippen molar-refractivity contribution in [2.75, 3.05) is 0 Å². The standard InChI is InChI=1S/C38H34O14/c1-13(51-15(3)39)29-27-25(21(41)11-37(29,5)49)35(47)23-19(33(27)45)9-7-17(31(23)43)18-8-10-20-24(32(18)44)36(48)26-22(42)12-38(6,50)30(28(26)34(20)46)14(2)52-16(4)40/h7-10,13-14,29-30,43-44,49-50H,11-12H2,1-6H3/t13-,14-,29-,30+,37-,38-/m0/s1. The van der Waals surface area contributed by atoms with Crippen LogP contribution in [0.25, 0.3) is 11.1 Å². The van der Waals surface area contributed by atoms with Gasteiger partial charge in [-0.1, -0.05) is 0 Å². The number of carbonyl (C=O) groups excluding carboxylic acids is 8. The van der Waals surface area contributed by atoms with Crippen LogP contribution in [0.2, 0.25) is 0 Å². The Morgan fingerprint density at radius 1 is 0.615 bits per heavy atom. The van der Waals surface area contributed by atoms with Crippen LogP contribution in [0.15, 0.2) is 46.6 Å². The number of esters is 2. The Morgan fingerprint density at radius 3 is 1.23 bits per heavy atom. The van der Waals surface area contributed by atoms with E-state index in [1.54, 1.807) is 0 Å². The maximum Gasteiger partial charge on any atom is 0.302 e. The third kappa shape index (κ3) is 5.23. The molecule has 0 bridgehead atoms. The first kappa shape index (κ1) is 36.2. The number of benzene rings is 2.